The summed E-state index contributed by atoms with van der Waals surface area (Å²) in [5, 5.41) is 16.3. The van der Waals surface area contributed by atoms with Crippen molar-refractivity contribution in [2.45, 2.75) is 0 Å². The van der Waals surface area contributed by atoms with Gasteiger partial charge in [-0.3, -0.25) is 0 Å². The molecule has 218 valence electrons. The average Bonchev–Trinajstić information content (AvgIpc) is 3.78. The van der Waals surface area contributed by atoms with Gasteiger partial charge in [-0.1, -0.05) is 66.7 Å². The largest absolute Gasteiger partial charge is 0.456 e. The molecule has 0 unspecified atom stereocenters. The smallest absolute Gasteiger partial charge is 0.137 e. The van der Waals surface area contributed by atoms with Gasteiger partial charge in [-0.25, -0.2) is 0 Å². The van der Waals surface area contributed by atoms with E-state index in [1.165, 1.54) is 43.7 Å². The highest BCUT2D eigenvalue weighted by Crippen LogP contribution is 2.39. The second-order valence-corrected chi connectivity index (χ2v) is 12.1. The van der Waals surface area contributed by atoms with Crippen molar-refractivity contribution < 1.29 is 4.42 Å². The molecule has 0 radical (unpaired) electrons. The van der Waals surface area contributed by atoms with Gasteiger partial charge in [-0.05, 0) is 90.0 Å². The van der Waals surface area contributed by atoms with Crippen LogP contribution in [0, 0.1) is 11.3 Å². The molecular formula is C43H25N3O. The number of fused-ring (bicyclic) bond motifs is 9. The number of furan rings is 1. The molecule has 10 aromatic rings. The number of rotatable bonds is 3. The van der Waals surface area contributed by atoms with Crippen molar-refractivity contribution in [1.29, 1.82) is 5.26 Å². The first kappa shape index (κ1) is 25.7. The van der Waals surface area contributed by atoms with Crippen molar-refractivity contribution >= 4 is 65.6 Å². The molecule has 4 nitrogen and oxygen atoms in total. The first-order chi connectivity index (χ1) is 23.2. The molecule has 3 heterocycles. The van der Waals surface area contributed by atoms with E-state index in [0.717, 1.165) is 44.3 Å². The molecule has 47 heavy (non-hydrogen) atoms. The molecule has 10 rings (SSSR count). The maximum Gasteiger partial charge on any atom is 0.137 e. The molecule has 4 heteroatoms. The lowest BCUT2D eigenvalue weighted by Gasteiger charge is -2.09. The van der Waals surface area contributed by atoms with Crippen LogP contribution in [-0.2, 0) is 0 Å². The van der Waals surface area contributed by atoms with Crippen LogP contribution in [0.5, 0.6) is 0 Å². The molecule has 0 amide bonds. The van der Waals surface area contributed by atoms with Crippen LogP contribution in [-0.4, -0.2) is 9.13 Å². The van der Waals surface area contributed by atoms with E-state index >= 15 is 0 Å². The van der Waals surface area contributed by atoms with Crippen molar-refractivity contribution in [3.63, 3.8) is 0 Å². The number of hydrogen-bond acceptors (Lipinski definition) is 2. The van der Waals surface area contributed by atoms with Crippen molar-refractivity contribution in [2.75, 3.05) is 0 Å². The van der Waals surface area contributed by atoms with Gasteiger partial charge in [0.25, 0.3) is 0 Å². The Morgan fingerprint density at radius 1 is 0.404 bits per heavy atom. The van der Waals surface area contributed by atoms with Crippen molar-refractivity contribution in [1.82, 2.24) is 9.13 Å². The highest BCUT2D eigenvalue weighted by molar-refractivity contribution is 6.13. The maximum atomic E-state index is 9.37. The Hall–Kier alpha value is -6.57. The van der Waals surface area contributed by atoms with Crippen LogP contribution in [0.15, 0.2) is 156 Å². The van der Waals surface area contributed by atoms with Crippen molar-refractivity contribution in [3.8, 4) is 28.6 Å². The Morgan fingerprint density at radius 3 is 1.57 bits per heavy atom. The van der Waals surface area contributed by atoms with E-state index in [1.807, 2.05) is 18.2 Å². The molecule has 7 aromatic carbocycles. The van der Waals surface area contributed by atoms with E-state index in [9.17, 15) is 5.26 Å². The Bertz CT molecular complexity index is 2910. The van der Waals surface area contributed by atoms with E-state index in [4.69, 9.17) is 4.42 Å². The Morgan fingerprint density at radius 2 is 0.936 bits per heavy atom. The number of benzene rings is 7. The van der Waals surface area contributed by atoms with Crippen molar-refractivity contribution in [3.05, 3.63) is 157 Å². The number of para-hydroxylation sites is 3. The van der Waals surface area contributed by atoms with Crippen LogP contribution >= 0.6 is 0 Å². The van der Waals surface area contributed by atoms with Crippen LogP contribution in [0.3, 0.4) is 0 Å². The summed E-state index contributed by atoms with van der Waals surface area (Å²) >= 11 is 0. The first-order valence-corrected chi connectivity index (χ1v) is 15.7. The highest BCUT2D eigenvalue weighted by Gasteiger charge is 2.17. The summed E-state index contributed by atoms with van der Waals surface area (Å²) in [6, 6.07) is 55.7. The van der Waals surface area contributed by atoms with E-state index in [1.54, 1.807) is 0 Å². The van der Waals surface area contributed by atoms with Gasteiger partial charge in [-0.2, -0.15) is 5.26 Å². The molecule has 0 aliphatic heterocycles. The number of aromatic nitrogens is 2. The summed E-state index contributed by atoms with van der Waals surface area (Å²) in [5.41, 5.74) is 11.4. The average molecular weight is 600 g/mol. The molecule has 0 aliphatic rings. The fourth-order valence-corrected chi connectivity index (χ4v) is 7.41. The summed E-state index contributed by atoms with van der Waals surface area (Å²) in [7, 11) is 0. The van der Waals surface area contributed by atoms with Crippen LogP contribution < -0.4 is 0 Å². The lowest BCUT2D eigenvalue weighted by atomic mass is 10.0. The normalized spacial score (nSPS) is 11.8. The summed E-state index contributed by atoms with van der Waals surface area (Å²) in [5.74, 6) is 0. The third kappa shape index (κ3) is 3.75. The number of nitrogens with zero attached hydrogens (tertiary/aromatic N) is 3. The Kier molecular flexibility index (Phi) is 5.32. The summed E-state index contributed by atoms with van der Waals surface area (Å²) in [6.07, 6.45) is 0. The minimum Gasteiger partial charge on any atom is -0.456 e. The van der Waals surface area contributed by atoms with Gasteiger partial charge in [-0.15, -0.1) is 0 Å². The maximum absolute atomic E-state index is 9.37. The minimum atomic E-state index is 0.594. The van der Waals surface area contributed by atoms with Gasteiger partial charge in [0.05, 0.1) is 33.7 Å². The van der Waals surface area contributed by atoms with E-state index in [-0.39, 0.29) is 0 Å². The minimum absolute atomic E-state index is 0.594. The lowest BCUT2D eigenvalue weighted by Crippen LogP contribution is -1.93. The van der Waals surface area contributed by atoms with Gasteiger partial charge in [0.1, 0.15) is 11.2 Å². The van der Waals surface area contributed by atoms with E-state index in [0.29, 0.717) is 5.56 Å². The van der Waals surface area contributed by atoms with Crippen LogP contribution in [0.4, 0.5) is 0 Å². The first-order valence-electron chi connectivity index (χ1n) is 15.7. The summed E-state index contributed by atoms with van der Waals surface area (Å²) in [4.78, 5) is 0. The zero-order valence-electron chi connectivity index (χ0n) is 25.2. The number of hydrogen-bond donors (Lipinski definition) is 0. The fraction of sp³-hybridized carbons (Fsp3) is 0. The molecule has 0 saturated heterocycles. The third-order valence-corrected chi connectivity index (χ3v) is 9.54. The molecule has 0 atom stereocenters. The summed E-state index contributed by atoms with van der Waals surface area (Å²) in [6.45, 7) is 0. The topological polar surface area (TPSA) is 46.8 Å². The van der Waals surface area contributed by atoms with Crippen molar-refractivity contribution in [2.24, 2.45) is 0 Å². The standard InChI is InChI=1S/C43H25N3O/c44-26-27-14-18-34-35-19-17-31(25-43(35)47-42(34)22-27)46-39-13-7-5-11-33(39)37-24-29(16-21-41(37)46)28-15-20-40-36(23-28)32-10-4-6-12-38(32)45(40)30-8-2-1-3-9-30/h1-25H. The van der Waals surface area contributed by atoms with E-state index < -0.39 is 0 Å². The molecule has 0 bridgehead atoms. The second-order valence-electron chi connectivity index (χ2n) is 12.1. The molecular weight excluding hydrogens is 574 g/mol. The van der Waals surface area contributed by atoms with Gasteiger partial charge >= 0.3 is 0 Å². The molecule has 0 saturated carbocycles. The highest BCUT2D eigenvalue weighted by atomic mass is 16.3. The molecule has 0 N–H and O–H groups in total. The van der Waals surface area contributed by atoms with Crippen LogP contribution in [0.25, 0.3) is 88.1 Å². The lowest BCUT2D eigenvalue weighted by molar-refractivity contribution is 0.668. The quantitative estimate of drug-likeness (QED) is 0.203. The molecule has 0 aliphatic carbocycles. The zero-order valence-corrected chi connectivity index (χ0v) is 25.2. The molecule has 0 fully saturated rings. The zero-order chi connectivity index (χ0) is 31.1. The predicted molar refractivity (Wildman–Crippen MR) is 193 cm³/mol. The van der Waals surface area contributed by atoms with E-state index in [2.05, 4.69) is 149 Å². The Labute approximate surface area is 269 Å². The monoisotopic (exact) mass is 599 g/mol. The second kappa shape index (κ2) is 9.71. The van der Waals surface area contributed by atoms with Gasteiger partial charge < -0.3 is 13.6 Å². The SMILES string of the molecule is N#Cc1ccc2c(c1)oc1cc(-n3c4ccccc4c4cc(-c5ccc6c(c5)c5ccccc5n6-c5ccccc5)ccc43)ccc12. The fourth-order valence-electron chi connectivity index (χ4n) is 7.41. The van der Waals surface area contributed by atoms with Crippen LogP contribution in [0.1, 0.15) is 5.56 Å². The predicted octanol–water partition coefficient (Wildman–Crippen LogP) is 11.3. The Balaban J connectivity index is 1.15. The van der Waals surface area contributed by atoms with Gasteiger partial charge in [0.2, 0.25) is 0 Å². The van der Waals surface area contributed by atoms with Crippen LogP contribution in [0.2, 0.25) is 0 Å². The molecule has 3 aromatic heterocycles. The van der Waals surface area contributed by atoms with Gasteiger partial charge in [0, 0.05) is 49.8 Å². The third-order valence-electron chi connectivity index (χ3n) is 9.54. The number of nitriles is 1. The molecule has 0 spiro atoms. The van der Waals surface area contributed by atoms with Gasteiger partial charge in [0.15, 0.2) is 0 Å². The summed E-state index contributed by atoms with van der Waals surface area (Å²) < 4.78 is 10.9.